The van der Waals surface area contributed by atoms with Crippen LogP contribution in [0.4, 0.5) is 10.9 Å². The van der Waals surface area contributed by atoms with Crippen LogP contribution in [0.5, 0.6) is 5.75 Å². The number of carbonyl (C=O) groups is 1. The van der Waals surface area contributed by atoms with Crippen LogP contribution in [-0.4, -0.2) is 49.3 Å². The molecule has 0 unspecified atom stereocenters. The molecule has 2 fully saturated rings. The molecule has 146 valence electrons. The standard InChI is InChI=1S/C19H26N4O3S/c1-25-14-12-20-18(23-7-9-26-10-8-23)17-16(14)22-19(27-17)21-15(24)11-13-5-3-2-4-6-13/h12-13H,2-11H2,1H3,(H,21,22,24). The van der Waals surface area contributed by atoms with Crippen molar-refractivity contribution in [1.29, 1.82) is 0 Å². The number of rotatable bonds is 5. The summed E-state index contributed by atoms with van der Waals surface area (Å²) in [5.41, 5.74) is 0.756. The number of ether oxygens (including phenoxy) is 2. The molecule has 1 saturated heterocycles. The van der Waals surface area contributed by atoms with Crippen LogP contribution in [0, 0.1) is 5.92 Å². The van der Waals surface area contributed by atoms with Crippen molar-refractivity contribution >= 4 is 38.4 Å². The van der Waals surface area contributed by atoms with E-state index in [-0.39, 0.29) is 5.91 Å². The van der Waals surface area contributed by atoms with Gasteiger partial charge in [-0.05, 0) is 18.8 Å². The number of amides is 1. The fourth-order valence-corrected chi connectivity index (χ4v) is 4.92. The maximum Gasteiger partial charge on any atom is 0.226 e. The second-order valence-corrected chi connectivity index (χ2v) is 8.20. The molecule has 0 atom stereocenters. The van der Waals surface area contributed by atoms with Gasteiger partial charge in [0, 0.05) is 19.5 Å². The van der Waals surface area contributed by atoms with Crippen LogP contribution < -0.4 is 15.0 Å². The van der Waals surface area contributed by atoms with E-state index in [2.05, 4.69) is 20.2 Å². The molecule has 0 radical (unpaired) electrons. The number of hydrogen-bond donors (Lipinski definition) is 1. The van der Waals surface area contributed by atoms with Crippen molar-refractivity contribution in [1.82, 2.24) is 9.97 Å². The van der Waals surface area contributed by atoms with Crippen LogP contribution in [0.1, 0.15) is 38.5 Å². The van der Waals surface area contributed by atoms with Gasteiger partial charge >= 0.3 is 0 Å². The van der Waals surface area contributed by atoms with E-state index < -0.39 is 0 Å². The Bertz CT molecular complexity index is 798. The molecule has 1 amide bonds. The number of anilines is 2. The van der Waals surface area contributed by atoms with Crippen molar-refractivity contribution in [2.45, 2.75) is 38.5 Å². The summed E-state index contributed by atoms with van der Waals surface area (Å²) < 4.78 is 11.8. The van der Waals surface area contributed by atoms with Gasteiger partial charge < -0.3 is 19.7 Å². The summed E-state index contributed by atoms with van der Waals surface area (Å²) in [6.07, 6.45) is 8.39. The monoisotopic (exact) mass is 390 g/mol. The largest absolute Gasteiger partial charge is 0.493 e. The second kappa shape index (κ2) is 8.39. The van der Waals surface area contributed by atoms with Gasteiger partial charge in [0.2, 0.25) is 5.91 Å². The van der Waals surface area contributed by atoms with E-state index in [9.17, 15) is 4.79 Å². The summed E-state index contributed by atoms with van der Waals surface area (Å²) in [5, 5.41) is 3.62. The van der Waals surface area contributed by atoms with Crippen molar-refractivity contribution < 1.29 is 14.3 Å². The lowest BCUT2D eigenvalue weighted by molar-refractivity contribution is -0.117. The number of fused-ring (bicyclic) bond motifs is 1. The van der Waals surface area contributed by atoms with Gasteiger partial charge in [0.25, 0.3) is 0 Å². The zero-order valence-electron chi connectivity index (χ0n) is 15.7. The third-order valence-corrected chi connectivity index (χ3v) is 6.31. The molecule has 2 aromatic rings. The van der Waals surface area contributed by atoms with Gasteiger partial charge in [0.15, 0.2) is 10.9 Å². The highest BCUT2D eigenvalue weighted by Crippen LogP contribution is 2.38. The van der Waals surface area contributed by atoms with Crippen LogP contribution >= 0.6 is 11.3 Å². The summed E-state index contributed by atoms with van der Waals surface area (Å²) >= 11 is 1.47. The minimum absolute atomic E-state index is 0.0563. The van der Waals surface area contributed by atoms with Crippen molar-refractivity contribution in [3.8, 4) is 5.75 Å². The van der Waals surface area contributed by atoms with Crippen molar-refractivity contribution in [3.63, 3.8) is 0 Å². The molecule has 0 spiro atoms. The molecular weight excluding hydrogens is 364 g/mol. The molecule has 1 N–H and O–H groups in total. The van der Waals surface area contributed by atoms with Gasteiger partial charge in [-0.25, -0.2) is 9.97 Å². The topological polar surface area (TPSA) is 76.6 Å². The van der Waals surface area contributed by atoms with E-state index in [0.717, 1.165) is 42.0 Å². The van der Waals surface area contributed by atoms with Gasteiger partial charge in [-0.2, -0.15) is 0 Å². The predicted molar refractivity (Wildman–Crippen MR) is 107 cm³/mol. The molecule has 1 aliphatic heterocycles. The number of pyridine rings is 1. The van der Waals surface area contributed by atoms with E-state index in [1.807, 2.05) is 0 Å². The molecule has 3 heterocycles. The highest BCUT2D eigenvalue weighted by atomic mass is 32.1. The molecule has 2 aromatic heterocycles. The fourth-order valence-electron chi connectivity index (χ4n) is 3.91. The van der Waals surface area contributed by atoms with Gasteiger partial charge in [-0.1, -0.05) is 30.6 Å². The van der Waals surface area contributed by atoms with Crippen molar-refractivity contribution in [2.75, 3.05) is 43.6 Å². The van der Waals surface area contributed by atoms with Crippen LogP contribution in [0.3, 0.4) is 0 Å². The summed E-state index contributed by atoms with van der Waals surface area (Å²) in [7, 11) is 1.62. The maximum atomic E-state index is 12.5. The Morgan fingerprint density at radius 2 is 2.11 bits per heavy atom. The van der Waals surface area contributed by atoms with E-state index >= 15 is 0 Å². The van der Waals surface area contributed by atoms with Crippen LogP contribution in [0.2, 0.25) is 0 Å². The number of carbonyl (C=O) groups excluding carboxylic acids is 1. The molecule has 1 saturated carbocycles. The quantitative estimate of drug-likeness (QED) is 0.843. The average molecular weight is 391 g/mol. The number of thiazole rings is 1. The molecule has 1 aliphatic carbocycles. The molecule has 27 heavy (non-hydrogen) atoms. The molecular formula is C19H26N4O3S. The summed E-state index contributed by atoms with van der Waals surface area (Å²) in [5.74, 6) is 2.08. The minimum atomic E-state index is 0.0563. The smallest absolute Gasteiger partial charge is 0.226 e. The number of morpholine rings is 1. The molecule has 8 heteroatoms. The number of hydrogen-bond acceptors (Lipinski definition) is 7. The lowest BCUT2D eigenvalue weighted by atomic mass is 9.87. The average Bonchev–Trinajstić information content (AvgIpc) is 3.12. The molecule has 0 aromatic carbocycles. The maximum absolute atomic E-state index is 12.5. The van der Waals surface area contributed by atoms with E-state index in [0.29, 0.717) is 36.4 Å². The third-order valence-electron chi connectivity index (χ3n) is 5.34. The Labute approximate surface area is 163 Å². The Balaban J connectivity index is 1.55. The van der Waals surface area contributed by atoms with Crippen LogP contribution in [0.25, 0.3) is 10.2 Å². The van der Waals surface area contributed by atoms with Gasteiger partial charge in [0.05, 0.1) is 26.5 Å². The first-order valence-corrected chi connectivity index (χ1v) is 10.5. The predicted octanol–water partition coefficient (Wildman–Crippen LogP) is 3.45. The van der Waals surface area contributed by atoms with Crippen LogP contribution in [-0.2, 0) is 9.53 Å². The summed E-state index contributed by atoms with van der Waals surface area (Å²) in [6.45, 7) is 2.99. The number of aromatic nitrogens is 2. The van der Waals surface area contributed by atoms with Crippen molar-refractivity contribution in [2.24, 2.45) is 5.92 Å². The third kappa shape index (κ3) is 4.16. The lowest BCUT2D eigenvalue weighted by Gasteiger charge is -2.28. The SMILES string of the molecule is COc1cnc(N2CCOCC2)c2sc(NC(=O)CC3CCCCC3)nc12. The van der Waals surface area contributed by atoms with E-state index in [1.165, 1.54) is 30.6 Å². The Morgan fingerprint density at radius 1 is 1.33 bits per heavy atom. The molecule has 2 aliphatic rings. The number of methoxy groups -OCH3 is 1. The Kier molecular flexibility index (Phi) is 5.73. The van der Waals surface area contributed by atoms with Crippen molar-refractivity contribution in [3.05, 3.63) is 6.20 Å². The zero-order chi connectivity index (χ0) is 18.6. The molecule has 4 rings (SSSR count). The Morgan fingerprint density at radius 3 is 2.85 bits per heavy atom. The van der Waals surface area contributed by atoms with Gasteiger partial charge in [0.1, 0.15) is 16.0 Å². The first-order valence-electron chi connectivity index (χ1n) is 9.70. The second-order valence-electron chi connectivity index (χ2n) is 7.20. The summed E-state index contributed by atoms with van der Waals surface area (Å²) in [4.78, 5) is 23.9. The number of nitrogens with zero attached hydrogens (tertiary/aromatic N) is 3. The molecule has 7 nitrogen and oxygen atoms in total. The van der Waals surface area contributed by atoms with Gasteiger partial charge in [-0.15, -0.1) is 0 Å². The first kappa shape index (κ1) is 18.4. The fraction of sp³-hybridized carbons (Fsp3) is 0.632. The first-order chi connectivity index (χ1) is 13.2. The van der Waals surface area contributed by atoms with E-state index in [4.69, 9.17) is 9.47 Å². The normalized spacial score (nSPS) is 18.6. The summed E-state index contributed by atoms with van der Waals surface area (Å²) in [6, 6.07) is 0. The van der Waals surface area contributed by atoms with Crippen LogP contribution in [0.15, 0.2) is 6.20 Å². The Hall–Kier alpha value is -1.93. The van der Waals surface area contributed by atoms with Gasteiger partial charge in [-0.3, -0.25) is 4.79 Å². The van der Waals surface area contributed by atoms with E-state index in [1.54, 1.807) is 13.3 Å². The molecule has 0 bridgehead atoms. The minimum Gasteiger partial charge on any atom is -0.493 e. The number of nitrogens with one attached hydrogen (secondary N) is 1. The lowest BCUT2D eigenvalue weighted by Crippen LogP contribution is -2.36. The highest BCUT2D eigenvalue weighted by molar-refractivity contribution is 7.23. The highest BCUT2D eigenvalue weighted by Gasteiger charge is 2.22. The zero-order valence-corrected chi connectivity index (χ0v) is 16.5.